The van der Waals surface area contributed by atoms with Gasteiger partial charge in [0.05, 0.1) is 6.61 Å². The number of amides is 1. The number of nitrogens with two attached hydrogens (primary N) is 1. The summed E-state index contributed by atoms with van der Waals surface area (Å²) in [6.45, 7) is 6.10. The lowest BCUT2D eigenvalue weighted by Crippen LogP contribution is -2.28. The van der Waals surface area contributed by atoms with Gasteiger partial charge in [-0.1, -0.05) is 0 Å². The second-order valence-electron chi connectivity index (χ2n) is 6.23. The van der Waals surface area contributed by atoms with E-state index in [1.54, 1.807) is 45.0 Å². The molecule has 138 valence electrons. The number of ether oxygens (including phenoxy) is 3. The van der Waals surface area contributed by atoms with Crippen molar-refractivity contribution in [3.63, 3.8) is 0 Å². The number of aliphatic hydroxyl groups is 1. The second kappa shape index (κ2) is 9.03. The van der Waals surface area contributed by atoms with E-state index in [4.69, 9.17) is 19.9 Å². The molecular weight excluding hydrogens is 328 g/mol. The van der Waals surface area contributed by atoms with Gasteiger partial charge in [-0.05, 0) is 45.0 Å². The van der Waals surface area contributed by atoms with Crippen LogP contribution in [0.15, 0.2) is 29.3 Å². The van der Waals surface area contributed by atoms with Gasteiger partial charge in [-0.25, -0.2) is 4.79 Å². The van der Waals surface area contributed by atoms with Crippen LogP contribution in [-0.2, 0) is 14.3 Å². The maximum atomic E-state index is 11.6. The molecule has 0 saturated carbocycles. The summed E-state index contributed by atoms with van der Waals surface area (Å²) in [5.41, 5.74) is 5.64. The molecule has 1 amide bonds. The molecule has 0 aliphatic heterocycles. The molecule has 8 heteroatoms. The minimum atomic E-state index is -0.771. The molecule has 0 spiro atoms. The number of benzene rings is 1. The molecule has 3 N–H and O–H groups in total. The minimum absolute atomic E-state index is 0.0134. The standard InChI is InChI=1S/C17H24N2O6/c1-11(21)23-10-14(9-20)24-13-7-5-12(6-8-13)15(18)19-16(22)25-17(2,3)4/h5-8,14,20H,9-10H2,1-4H3,(H2,18,19,22). The number of rotatable bonds is 6. The van der Waals surface area contributed by atoms with Crippen molar-refractivity contribution in [2.24, 2.45) is 10.7 Å². The van der Waals surface area contributed by atoms with Gasteiger partial charge in [0.1, 0.15) is 23.8 Å². The van der Waals surface area contributed by atoms with Gasteiger partial charge in [0, 0.05) is 12.5 Å². The molecule has 1 aromatic rings. The van der Waals surface area contributed by atoms with Crippen molar-refractivity contribution in [2.45, 2.75) is 39.4 Å². The van der Waals surface area contributed by atoms with Crippen LogP contribution >= 0.6 is 0 Å². The predicted octanol–water partition coefficient (Wildman–Crippen LogP) is 1.63. The highest BCUT2D eigenvalue weighted by molar-refractivity contribution is 6.02. The van der Waals surface area contributed by atoms with Gasteiger partial charge in [-0.15, -0.1) is 0 Å². The molecule has 0 aliphatic rings. The Bertz CT molecular complexity index is 619. The van der Waals surface area contributed by atoms with Crippen LogP contribution in [0.1, 0.15) is 33.3 Å². The first-order valence-corrected chi connectivity index (χ1v) is 7.69. The van der Waals surface area contributed by atoms with E-state index in [0.717, 1.165) is 0 Å². The van der Waals surface area contributed by atoms with Crippen molar-refractivity contribution in [3.8, 4) is 5.75 Å². The Morgan fingerprint density at radius 2 is 1.84 bits per heavy atom. The van der Waals surface area contributed by atoms with Crippen molar-refractivity contribution in [1.29, 1.82) is 0 Å². The maximum absolute atomic E-state index is 11.6. The molecule has 1 rings (SSSR count). The highest BCUT2D eigenvalue weighted by Gasteiger charge is 2.16. The number of hydrogen-bond acceptors (Lipinski definition) is 6. The zero-order valence-corrected chi connectivity index (χ0v) is 14.8. The molecule has 0 radical (unpaired) electrons. The molecular formula is C17H24N2O6. The number of aliphatic imine (C=N–C) groups is 1. The van der Waals surface area contributed by atoms with Gasteiger partial charge in [-0.2, -0.15) is 4.99 Å². The Hall–Kier alpha value is -2.61. The average molecular weight is 352 g/mol. The largest absolute Gasteiger partial charge is 0.484 e. The SMILES string of the molecule is CC(=O)OCC(CO)Oc1ccc(C(N)=NC(=O)OC(C)(C)C)cc1. The lowest BCUT2D eigenvalue weighted by Gasteiger charge is -2.17. The van der Waals surface area contributed by atoms with Crippen LogP contribution in [0.5, 0.6) is 5.75 Å². The molecule has 0 saturated heterocycles. The van der Waals surface area contributed by atoms with Crippen LogP contribution in [0.25, 0.3) is 0 Å². The molecule has 1 unspecified atom stereocenters. The molecule has 1 aromatic carbocycles. The van der Waals surface area contributed by atoms with Crippen molar-refractivity contribution in [3.05, 3.63) is 29.8 Å². The third-order valence-electron chi connectivity index (χ3n) is 2.73. The Kier molecular flexibility index (Phi) is 7.38. The third-order valence-corrected chi connectivity index (χ3v) is 2.73. The fourth-order valence-corrected chi connectivity index (χ4v) is 1.68. The summed E-state index contributed by atoms with van der Waals surface area (Å²) in [4.78, 5) is 26.1. The van der Waals surface area contributed by atoms with Gasteiger partial charge in [0.2, 0.25) is 0 Å². The van der Waals surface area contributed by atoms with Crippen molar-refractivity contribution >= 4 is 17.9 Å². The minimum Gasteiger partial charge on any atom is -0.484 e. The fraction of sp³-hybridized carbons (Fsp3) is 0.471. The normalized spacial score (nSPS) is 13.1. The van der Waals surface area contributed by atoms with Crippen LogP contribution in [0.2, 0.25) is 0 Å². The topological polar surface area (TPSA) is 120 Å². The van der Waals surface area contributed by atoms with Crippen LogP contribution < -0.4 is 10.5 Å². The molecule has 0 bridgehead atoms. The summed E-state index contributed by atoms with van der Waals surface area (Å²) >= 11 is 0. The number of carbonyl (C=O) groups excluding carboxylic acids is 2. The predicted molar refractivity (Wildman–Crippen MR) is 91.5 cm³/mol. The third kappa shape index (κ3) is 8.16. The summed E-state index contributed by atoms with van der Waals surface area (Å²) in [6.07, 6.45) is -1.45. The first-order valence-electron chi connectivity index (χ1n) is 7.69. The van der Waals surface area contributed by atoms with Gasteiger partial charge in [0.15, 0.2) is 6.10 Å². The molecule has 25 heavy (non-hydrogen) atoms. The summed E-state index contributed by atoms with van der Waals surface area (Å²) in [5.74, 6) is 0.00275. The zero-order valence-electron chi connectivity index (χ0n) is 14.8. The molecule has 0 aliphatic carbocycles. The smallest absolute Gasteiger partial charge is 0.436 e. The quantitative estimate of drug-likeness (QED) is 0.453. The fourth-order valence-electron chi connectivity index (χ4n) is 1.68. The Morgan fingerprint density at radius 1 is 1.24 bits per heavy atom. The van der Waals surface area contributed by atoms with E-state index in [9.17, 15) is 14.7 Å². The highest BCUT2D eigenvalue weighted by Crippen LogP contribution is 2.15. The van der Waals surface area contributed by atoms with Crippen molar-refractivity contribution in [2.75, 3.05) is 13.2 Å². The first kappa shape index (κ1) is 20.4. The van der Waals surface area contributed by atoms with Crippen LogP contribution in [0.4, 0.5) is 4.79 Å². The summed E-state index contributed by atoms with van der Waals surface area (Å²) in [7, 11) is 0. The number of hydrogen-bond donors (Lipinski definition) is 2. The maximum Gasteiger partial charge on any atom is 0.436 e. The van der Waals surface area contributed by atoms with Crippen LogP contribution in [-0.4, -0.2) is 47.9 Å². The van der Waals surface area contributed by atoms with Crippen LogP contribution in [0.3, 0.4) is 0 Å². The number of nitrogens with zero attached hydrogens (tertiary/aromatic N) is 1. The van der Waals surface area contributed by atoms with Gasteiger partial charge >= 0.3 is 12.1 Å². The van der Waals surface area contributed by atoms with E-state index < -0.39 is 23.8 Å². The Labute approximate surface area is 146 Å². The molecule has 8 nitrogen and oxygen atoms in total. The van der Waals surface area contributed by atoms with E-state index in [1.807, 2.05) is 0 Å². The van der Waals surface area contributed by atoms with E-state index in [-0.39, 0.29) is 19.0 Å². The molecule has 0 heterocycles. The second-order valence-corrected chi connectivity index (χ2v) is 6.23. The average Bonchev–Trinajstić information content (AvgIpc) is 2.49. The van der Waals surface area contributed by atoms with Crippen molar-refractivity contribution < 1.29 is 28.9 Å². The first-order chi connectivity index (χ1) is 11.6. The van der Waals surface area contributed by atoms with Gasteiger partial charge in [0.25, 0.3) is 0 Å². The highest BCUT2D eigenvalue weighted by atomic mass is 16.6. The molecule has 0 fully saturated rings. The Morgan fingerprint density at radius 3 is 2.32 bits per heavy atom. The van der Waals surface area contributed by atoms with Gasteiger partial charge < -0.3 is 25.1 Å². The van der Waals surface area contributed by atoms with E-state index in [0.29, 0.717) is 11.3 Å². The monoisotopic (exact) mass is 352 g/mol. The number of amidine groups is 1. The van der Waals surface area contributed by atoms with E-state index in [2.05, 4.69) is 4.99 Å². The Balaban J connectivity index is 2.71. The van der Waals surface area contributed by atoms with E-state index >= 15 is 0 Å². The summed E-state index contributed by atoms with van der Waals surface area (Å²) in [5, 5.41) is 9.23. The molecule has 1 atom stereocenters. The van der Waals surface area contributed by atoms with Crippen molar-refractivity contribution in [1.82, 2.24) is 0 Å². The number of esters is 1. The lowest BCUT2D eigenvalue weighted by atomic mass is 10.2. The molecule has 0 aromatic heterocycles. The number of carbonyl (C=O) groups is 2. The van der Waals surface area contributed by atoms with Gasteiger partial charge in [-0.3, -0.25) is 4.79 Å². The lowest BCUT2D eigenvalue weighted by molar-refractivity contribution is -0.143. The van der Waals surface area contributed by atoms with Crippen LogP contribution in [0, 0.1) is 0 Å². The summed E-state index contributed by atoms with van der Waals surface area (Å²) in [6, 6.07) is 6.42. The number of aliphatic hydroxyl groups excluding tert-OH is 1. The summed E-state index contributed by atoms with van der Waals surface area (Å²) < 4.78 is 15.4. The van der Waals surface area contributed by atoms with E-state index in [1.165, 1.54) is 6.92 Å². The zero-order chi connectivity index (χ0) is 19.0.